The summed E-state index contributed by atoms with van der Waals surface area (Å²) in [5.74, 6) is 0.726. The van der Waals surface area contributed by atoms with E-state index in [4.69, 9.17) is 23.2 Å². The van der Waals surface area contributed by atoms with Gasteiger partial charge in [-0.25, -0.2) is 0 Å². The molecule has 1 aliphatic rings. The fraction of sp³-hybridized carbons (Fsp3) is 0.571. The van der Waals surface area contributed by atoms with Gasteiger partial charge in [0.05, 0.1) is 0 Å². The Bertz CT molecular complexity index is 352. The molecule has 0 bridgehead atoms. The van der Waals surface area contributed by atoms with Gasteiger partial charge < -0.3 is 5.32 Å². The van der Waals surface area contributed by atoms with E-state index in [1.807, 2.05) is 12.1 Å². The molecule has 1 aromatic rings. The number of hydrogen-bond donors (Lipinski definition) is 1. The molecular weight excluding hydrogens is 253 g/mol. The van der Waals surface area contributed by atoms with Crippen LogP contribution in [0.4, 0.5) is 0 Å². The van der Waals surface area contributed by atoms with Crippen molar-refractivity contribution in [3.8, 4) is 0 Å². The van der Waals surface area contributed by atoms with Crippen molar-refractivity contribution in [2.24, 2.45) is 5.92 Å². The number of halogens is 2. The highest BCUT2D eigenvalue weighted by molar-refractivity contribution is 6.34. The Labute approximate surface area is 114 Å². The van der Waals surface area contributed by atoms with Gasteiger partial charge in [0.15, 0.2) is 0 Å². The highest BCUT2D eigenvalue weighted by Crippen LogP contribution is 2.37. The molecule has 0 amide bonds. The average Bonchev–Trinajstić information content (AvgIpc) is 2.77. The average molecular weight is 272 g/mol. The second-order valence-corrected chi connectivity index (χ2v) is 5.66. The summed E-state index contributed by atoms with van der Waals surface area (Å²) in [6.07, 6.45) is 5.31. The molecular formula is C14H19Cl2N. The minimum absolute atomic E-state index is 0.402. The Morgan fingerprint density at radius 2 is 1.76 bits per heavy atom. The van der Waals surface area contributed by atoms with Crippen LogP contribution in [0.3, 0.4) is 0 Å². The standard InChI is InChI=1S/C14H19Cl2N/c1-2-17-14(10-5-3-4-6-10)11-7-12(15)9-13(16)8-11/h7-10,14,17H,2-6H2,1H3. The van der Waals surface area contributed by atoms with E-state index in [9.17, 15) is 0 Å². The summed E-state index contributed by atoms with van der Waals surface area (Å²) in [7, 11) is 0. The topological polar surface area (TPSA) is 12.0 Å². The second kappa shape index (κ2) is 6.08. The van der Waals surface area contributed by atoms with Crippen molar-refractivity contribution in [3.05, 3.63) is 33.8 Å². The molecule has 0 radical (unpaired) electrons. The number of nitrogens with one attached hydrogen (secondary N) is 1. The SMILES string of the molecule is CCNC(c1cc(Cl)cc(Cl)c1)C1CCCC1. The Balaban J connectivity index is 2.24. The quantitative estimate of drug-likeness (QED) is 0.827. The molecule has 1 N–H and O–H groups in total. The number of rotatable bonds is 4. The summed E-state index contributed by atoms with van der Waals surface area (Å²) in [5, 5.41) is 5.04. The molecule has 0 heterocycles. The fourth-order valence-corrected chi connectivity index (χ4v) is 3.36. The summed E-state index contributed by atoms with van der Waals surface area (Å²) >= 11 is 12.2. The van der Waals surface area contributed by atoms with E-state index < -0.39 is 0 Å². The second-order valence-electron chi connectivity index (χ2n) is 4.78. The van der Waals surface area contributed by atoms with Crippen molar-refractivity contribution < 1.29 is 0 Å². The van der Waals surface area contributed by atoms with Crippen molar-refractivity contribution >= 4 is 23.2 Å². The van der Waals surface area contributed by atoms with Crippen LogP contribution in [0.2, 0.25) is 10.0 Å². The van der Waals surface area contributed by atoms with Gasteiger partial charge in [0.25, 0.3) is 0 Å². The van der Waals surface area contributed by atoms with Crippen molar-refractivity contribution in [2.75, 3.05) is 6.54 Å². The van der Waals surface area contributed by atoms with Crippen LogP contribution in [-0.2, 0) is 0 Å². The molecule has 2 rings (SSSR count). The summed E-state index contributed by atoms with van der Waals surface area (Å²) in [6.45, 7) is 3.12. The molecule has 3 heteroatoms. The van der Waals surface area contributed by atoms with Gasteiger partial charge in [0.2, 0.25) is 0 Å². The third kappa shape index (κ3) is 3.37. The Kier molecular flexibility index (Phi) is 4.72. The molecule has 0 aliphatic heterocycles. The molecule has 17 heavy (non-hydrogen) atoms. The molecule has 94 valence electrons. The van der Waals surface area contributed by atoms with E-state index in [0.717, 1.165) is 22.5 Å². The lowest BCUT2D eigenvalue weighted by atomic mass is 9.91. The highest BCUT2D eigenvalue weighted by atomic mass is 35.5. The zero-order chi connectivity index (χ0) is 12.3. The Morgan fingerprint density at radius 3 is 2.29 bits per heavy atom. The van der Waals surface area contributed by atoms with Gasteiger partial charge in [-0.05, 0) is 49.1 Å². The van der Waals surface area contributed by atoms with Crippen LogP contribution in [0, 0.1) is 5.92 Å². The third-order valence-corrected chi connectivity index (χ3v) is 3.98. The van der Waals surface area contributed by atoms with Crippen molar-refractivity contribution in [3.63, 3.8) is 0 Å². The predicted octanol–water partition coefficient (Wildman–Crippen LogP) is 4.83. The van der Waals surface area contributed by atoms with Gasteiger partial charge >= 0.3 is 0 Å². The van der Waals surface area contributed by atoms with E-state index in [1.54, 1.807) is 6.07 Å². The lowest BCUT2D eigenvalue weighted by molar-refractivity contribution is 0.374. The lowest BCUT2D eigenvalue weighted by Gasteiger charge is -2.25. The smallest absolute Gasteiger partial charge is 0.0424 e. The monoisotopic (exact) mass is 271 g/mol. The minimum Gasteiger partial charge on any atom is -0.310 e. The molecule has 1 unspecified atom stereocenters. The van der Waals surface area contributed by atoms with Gasteiger partial charge in [0, 0.05) is 16.1 Å². The molecule has 0 saturated heterocycles. The van der Waals surface area contributed by atoms with Crippen LogP contribution in [0.15, 0.2) is 18.2 Å². The molecule has 1 aliphatic carbocycles. The van der Waals surface area contributed by atoms with Crippen molar-refractivity contribution in [2.45, 2.75) is 38.6 Å². The normalized spacial score (nSPS) is 18.5. The first kappa shape index (κ1) is 13.2. The maximum atomic E-state index is 6.09. The summed E-state index contributed by atoms with van der Waals surface area (Å²) in [5.41, 5.74) is 1.23. The molecule has 1 saturated carbocycles. The third-order valence-electron chi connectivity index (χ3n) is 3.54. The highest BCUT2D eigenvalue weighted by Gasteiger charge is 2.25. The molecule has 0 spiro atoms. The van der Waals surface area contributed by atoms with Crippen LogP contribution in [0.5, 0.6) is 0 Å². The molecule has 1 fully saturated rings. The van der Waals surface area contributed by atoms with E-state index in [2.05, 4.69) is 12.2 Å². The maximum Gasteiger partial charge on any atom is 0.0424 e. The van der Waals surface area contributed by atoms with E-state index in [-0.39, 0.29) is 0 Å². The summed E-state index contributed by atoms with van der Waals surface area (Å²) in [4.78, 5) is 0. The number of hydrogen-bond acceptors (Lipinski definition) is 1. The minimum atomic E-state index is 0.402. The largest absolute Gasteiger partial charge is 0.310 e. The van der Waals surface area contributed by atoms with E-state index in [0.29, 0.717) is 6.04 Å². The molecule has 1 nitrogen and oxygen atoms in total. The van der Waals surface area contributed by atoms with Gasteiger partial charge in [-0.3, -0.25) is 0 Å². The predicted molar refractivity (Wildman–Crippen MR) is 74.8 cm³/mol. The van der Waals surface area contributed by atoms with Crippen LogP contribution in [0.1, 0.15) is 44.2 Å². The van der Waals surface area contributed by atoms with Gasteiger partial charge in [-0.2, -0.15) is 0 Å². The Hall–Kier alpha value is -0.240. The van der Waals surface area contributed by atoms with Crippen LogP contribution >= 0.6 is 23.2 Å². The van der Waals surface area contributed by atoms with Crippen LogP contribution in [0.25, 0.3) is 0 Å². The lowest BCUT2D eigenvalue weighted by Crippen LogP contribution is -2.26. The first-order valence-electron chi connectivity index (χ1n) is 6.40. The van der Waals surface area contributed by atoms with Crippen LogP contribution < -0.4 is 5.32 Å². The van der Waals surface area contributed by atoms with Crippen molar-refractivity contribution in [1.29, 1.82) is 0 Å². The van der Waals surface area contributed by atoms with E-state index in [1.165, 1.54) is 31.2 Å². The molecule has 1 atom stereocenters. The zero-order valence-electron chi connectivity index (χ0n) is 10.2. The van der Waals surface area contributed by atoms with Gasteiger partial charge in [-0.15, -0.1) is 0 Å². The van der Waals surface area contributed by atoms with Crippen molar-refractivity contribution in [1.82, 2.24) is 5.32 Å². The first-order valence-corrected chi connectivity index (χ1v) is 7.15. The Morgan fingerprint density at radius 1 is 1.18 bits per heavy atom. The van der Waals surface area contributed by atoms with Gasteiger partial charge in [-0.1, -0.05) is 43.0 Å². The number of benzene rings is 1. The van der Waals surface area contributed by atoms with Gasteiger partial charge in [0.1, 0.15) is 0 Å². The van der Waals surface area contributed by atoms with Crippen LogP contribution in [-0.4, -0.2) is 6.54 Å². The fourth-order valence-electron chi connectivity index (χ4n) is 2.82. The zero-order valence-corrected chi connectivity index (χ0v) is 11.7. The van der Waals surface area contributed by atoms with E-state index >= 15 is 0 Å². The summed E-state index contributed by atoms with van der Waals surface area (Å²) in [6, 6.07) is 6.28. The molecule has 0 aromatic heterocycles. The maximum absolute atomic E-state index is 6.09. The molecule has 1 aromatic carbocycles. The summed E-state index contributed by atoms with van der Waals surface area (Å²) < 4.78 is 0. The first-order chi connectivity index (χ1) is 8.20.